The molecule has 5 nitrogen and oxygen atoms in total. The van der Waals surface area contributed by atoms with Crippen molar-refractivity contribution >= 4 is 21.6 Å². The van der Waals surface area contributed by atoms with Gasteiger partial charge in [0.05, 0.1) is 10.5 Å². The van der Waals surface area contributed by atoms with Gasteiger partial charge in [-0.3, -0.25) is 10.1 Å². The number of nitriles is 1. The maximum absolute atomic E-state index is 10.9. The first-order valence-electron chi connectivity index (χ1n) is 6.05. The van der Waals surface area contributed by atoms with Crippen LogP contribution in [0.1, 0.15) is 16.7 Å². The number of halogens is 1. The monoisotopic (exact) mass is 346 g/mol. The van der Waals surface area contributed by atoms with Gasteiger partial charge in [-0.2, -0.15) is 5.26 Å². The minimum absolute atomic E-state index is 0.0520. The van der Waals surface area contributed by atoms with E-state index in [1.54, 1.807) is 38.1 Å². The summed E-state index contributed by atoms with van der Waals surface area (Å²) in [7, 11) is 0. The van der Waals surface area contributed by atoms with Gasteiger partial charge >= 0.3 is 0 Å². The van der Waals surface area contributed by atoms with Gasteiger partial charge in [0.2, 0.25) is 0 Å². The van der Waals surface area contributed by atoms with Crippen molar-refractivity contribution in [2.75, 3.05) is 0 Å². The predicted octanol–water partition coefficient (Wildman–Crippen LogP) is 4.64. The lowest BCUT2D eigenvalue weighted by molar-refractivity contribution is -0.385. The van der Waals surface area contributed by atoms with Crippen LogP contribution < -0.4 is 4.74 Å². The zero-order chi connectivity index (χ0) is 15.6. The normalized spacial score (nSPS) is 10.0. The molecule has 2 aromatic rings. The molecule has 0 aliphatic heterocycles. The fraction of sp³-hybridized carbons (Fsp3) is 0.133. The summed E-state index contributed by atoms with van der Waals surface area (Å²) < 4.78 is 6.52. The molecule has 0 aliphatic carbocycles. The van der Waals surface area contributed by atoms with Crippen LogP contribution in [0.25, 0.3) is 0 Å². The van der Waals surface area contributed by atoms with E-state index in [9.17, 15) is 10.1 Å². The predicted molar refractivity (Wildman–Crippen MR) is 81.5 cm³/mol. The lowest BCUT2D eigenvalue weighted by Gasteiger charge is -2.11. The highest BCUT2D eigenvalue weighted by atomic mass is 79.9. The number of rotatable bonds is 3. The Balaban J connectivity index is 2.44. The third-order valence-electron chi connectivity index (χ3n) is 2.97. The van der Waals surface area contributed by atoms with E-state index >= 15 is 0 Å². The minimum Gasteiger partial charge on any atom is -0.456 e. The van der Waals surface area contributed by atoms with E-state index in [0.29, 0.717) is 28.2 Å². The number of ether oxygens (including phenoxy) is 1. The standard InChI is InChI=1S/C15H11BrN2O3/c1-9-6-15(10(2)5-13(9)18(19)20)21-14-4-3-12(16)7-11(14)8-17/h3-7H,1-2H3. The van der Waals surface area contributed by atoms with Crippen molar-refractivity contribution in [1.82, 2.24) is 0 Å². The first kappa shape index (κ1) is 15.0. The molecular weight excluding hydrogens is 336 g/mol. The SMILES string of the molecule is Cc1cc([N+](=O)[O-])c(C)cc1Oc1ccc(Br)cc1C#N. The average Bonchev–Trinajstić information content (AvgIpc) is 2.43. The molecule has 2 aromatic carbocycles. The summed E-state index contributed by atoms with van der Waals surface area (Å²) in [6, 6.07) is 10.2. The molecule has 0 fully saturated rings. The average molecular weight is 347 g/mol. The third kappa shape index (κ3) is 3.20. The summed E-state index contributed by atoms with van der Waals surface area (Å²) in [6.45, 7) is 3.38. The first-order valence-corrected chi connectivity index (χ1v) is 6.85. The van der Waals surface area contributed by atoms with E-state index in [0.717, 1.165) is 4.47 Å². The summed E-state index contributed by atoms with van der Waals surface area (Å²) in [4.78, 5) is 10.5. The Labute approximate surface area is 130 Å². The van der Waals surface area contributed by atoms with Gasteiger partial charge in [-0.15, -0.1) is 0 Å². The zero-order valence-electron chi connectivity index (χ0n) is 11.4. The molecule has 106 valence electrons. The fourth-order valence-corrected chi connectivity index (χ4v) is 2.24. The van der Waals surface area contributed by atoms with E-state index in [2.05, 4.69) is 22.0 Å². The van der Waals surface area contributed by atoms with Gasteiger partial charge < -0.3 is 4.74 Å². The quantitative estimate of drug-likeness (QED) is 0.599. The van der Waals surface area contributed by atoms with Gasteiger partial charge in [-0.05, 0) is 43.7 Å². The number of nitro benzene ring substituents is 1. The van der Waals surface area contributed by atoms with Crippen LogP contribution in [0.5, 0.6) is 11.5 Å². The summed E-state index contributed by atoms with van der Waals surface area (Å²) in [5.74, 6) is 0.911. The van der Waals surface area contributed by atoms with Gasteiger partial charge in [0.15, 0.2) is 0 Å². The molecule has 6 heteroatoms. The molecule has 0 amide bonds. The van der Waals surface area contributed by atoms with Crippen LogP contribution in [0.4, 0.5) is 5.69 Å². The second kappa shape index (κ2) is 5.94. The van der Waals surface area contributed by atoms with E-state index < -0.39 is 4.92 Å². The summed E-state index contributed by atoms with van der Waals surface area (Å²) in [5, 5.41) is 20.0. The van der Waals surface area contributed by atoms with Crippen molar-refractivity contribution in [3.63, 3.8) is 0 Å². The number of nitrogens with zero attached hydrogens (tertiary/aromatic N) is 2. The lowest BCUT2D eigenvalue weighted by atomic mass is 10.1. The second-order valence-electron chi connectivity index (χ2n) is 4.52. The van der Waals surface area contributed by atoms with Crippen LogP contribution in [-0.2, 0) is 0 Å². The molecule has 2 rings (SSSR count). The highest BCUT2D eigenvalue weighted by Crippen LogP contribution is 2.33. The number of aryl methyl sites for hydroxylation is 2. The van der Waals surface area contributed by atoms with Crippen molar-refractivity contribution in [3.8, 4) is 17.6 Å². The molecule has 0 saturated heterocycles. The summed E-state index contributed by atoms with van der Waals surface area (Å²) in [6.07, 6.45) is 0. The summed E-state index contributed by atoms with van der Waals surface area (Å²) in [5.41, 5.74) is 1.59. The number of hydrogen-bond donors (Lipinski definition) is 0. The van der Waals surface area contributed by atoms with Gasteiger partial charge in [0, 0.05) is 16.1 Å². The van der Waals surface area contributed by atoms with Crippen molar-refractivity contribution in [2.24, 2.45) is 0 Å². The van der Waals surface area contributed by atoms with Crippen LogP contribution in [-0.4, -0.2) is 4.92 Å². The summed E-state index contributed by atoms with van der Waals surface area (Å²) >= 11 is 3.29. The topological polar surface area (TPSA) is 76.2 Å². The molecule has 0 unspecified atom stereocenters. The molecule has 0 heterocycles. The first-order chi connectivity index (χ1) is 9.92. The largest absolute Gasteiger partial charge is 0.456 e. The van der Waals surface area contributed by atoms with E-state index in [-0.39, 0.29) is 5.69 Å². The number of nitro groups is 1. The Hall–Kier alpha value is -2.39. The molecule has 0 atom stereocenters. The molecule has 0 N–H and O–H groups in total. The molecule has 0 bridgehead atoms. The molecule has 0 radical (unpaired) electrons. The van der Waals surface area contributed by atoms with Crippen LogP contribution in [0.2, 0.25) is 0 Å². The van der Waals surface area contributed by atoms with Crippen LogP contribution in [0, 0.1) is 35.3 Å². The Morgan fingerprint density at radius 1 is 1.19 bits per heavy atom. The van der Waals surface area contributed by atoms with Crippen LogP contribution >= 0.6 is 15.9 Å². The van der Waals surface area contributed by atoms with Crippen LogP contribution in [0.15, 0.2) is 34.8 Å². The minimum atomic E-state index is -0.424. The highest BCUT2D eigenvalue weighted by Gasteiger charge is 2.15. The Bertz CT molecular complexity index is 766. The maximum Gasteiger partial charge on any atom is 0.272 e. The Kier molecular flexibility index (Phi) is 4.24. The molecule has 21 heavy (non-hydrogen) atoms. The van der Waals surface area contributed by atoms with Crippen LogP contribution in [0.3, 0.4) is 0 Å². The highest BCUT2D eigenvalue weighted by molar-refractivity contribution is 9.10. The number of hydrogen-bond acceptors (Lipinski definition) is 4. The Morgan fingerprint density at radius 2 is 1.90 bits per heavy atom. The smallest absolute Gasteiger partial charge is 0.272 e. The molecule has 0 spiro atoms. The van der Waals surface area contributed by atoms with Gasteiger partial charge in [0.1, 0.15) is 17.6 Å². The van der Waals surface area contributed by atoms with E-state index in [1.165, 1.54) is 6.07 Å². The van der Waals surface area contributed by atoms with Gasteiger partial charge in [-0.1, -0.05) is 15.9 Å². The molecular formula is C15H11BrN2O3. The Morgan fingerprint density at radius 3 is 2.52 bits per heavy atom. The maximum atomic E-state index is 10.9. The van der Waals surface area contributed by atoms with E-state index in [1.807, 2.05) is 0 Å². The fourth-order valence-electron chi connectivity index (χ4n) is 1.88. The zero-order valence-corrected chi connectivity index (χ0v) is 13.0. The number of benzene rings is 2. The second-order valence-corrected chi connectivity index (χ2v) is 5.43. The van der Waals surface area contributed by atoms with Crippen molar-refractivity contribution in [1.29, 1.82) is 5.26 Å². The third-order valence-corrected chi connectivity index (χ3v) is 3.47. The lowest BCUT2D eigenvalue weighted by Crippen LogP contribution is -1.96. The van der Waals surface area contributed by atoms with Crippen molar-refractivity contribution in [2.45, 2.75) is 13.8 Å². The molecule has 0 saturated carbocycles. The van der Waals surface area contributed by atoms with Crippen molar-refractivity contribution in [3.05, 3.63) is 61.6 Å². The van der Waals surface area contributed by atoms with Crippen molar-refractivity contribution < 1.29 is 9.66 Å². The molecule has 0 aliphatic rings. The van der Waals surface area contributed by atoms with E-state index in [4.69, 9.17) is 10.00 Å². The van der Waals surface area contributed by atoms with Gasteiger partial charge in [0.25, 0.3) is 5.69 Å². The van der Waals surface area contributed by atoms with Gasteiger partial charge in [-0.25, -0.2) is 0 Å². The molecule has 0 aromatic heterocycles.